The molecule has 0 atom stereocenters. The van der Waals surface area contributed by atoms with Gasteiger partial charge in [0.05, 0.1) is 7.11 Å². The molecular weight excluding hydrogens is 364 g/mol. The molecule has 1 N–H and O–H groups in total. The van der Waals surface area contributed by atoms with Crippen LogP contribution in [0.2, 0.25) is 0 Å². The minimum atomic E-state index is -0.126. The molecule has 0 saturated carbocycles. The zero-order chi connectivity index (χ0) is 21.4. The molecule has 0 radical (unpaired) electrons. The molecule has 0 fully saturated rings. The van der Waals surface area contributed by atoms with Crippen molar-refractivity contribution in [2.45, 2.75) is 39.5 Å². The highest BCUT2D eigenvalue weighted by Gasteiger charge is 2.15. The maximum absolute atomic E-state index is 12.4. The topological polar surface area (TPSA) is 58.6 Å². The number of methoxy groups -OCH3 is 1. The van der Waals surface area contributed by atoms with Crippen LogP contribution in [-0.4, -0.2) is 43.5 Å². The highest BCUT2D eigenvalue weighted by molar-refractivity contribution is 5.94. The molecule has 0 aliphatic rings. The summed E-state index contributed by atoms with van der Waals surface area (Å²) in [6, 6.07) is 15.5. The van der Waals surface area contributed by atoms with Gasteiger partial charge in [0.2, 0.25) is 5.91 Å². The van der Waals surface area contributed by atoms with Crippen LogP contribution < -0.4 is 10.1 Å². The number of nitrogens with zero attached hydrogens (tertiary/aromatic N) is 1. The number of amides is 2. The number of ether oxygens (including phenoxy) is 1. The molecule has 156 valence electrons. The van der Waals surface area contributed by atoms with Crippen LogP contribution in [0, 0.1) is 0 Å². The summed E-state index contributed by atoms with van der Waals surface area (Å²) >= 11 is 0. The van der Waals surface area contributed by atoms with Gasteiger partial charge in [-0.25, -0.2) is 0 Å². The van der Waals surface area contributed by atoms with Gasteiger partial charge in [0.25, 0.3) is 5.91 Å². The average Bonchev–Trinajstić information content (AvgIpc) is 2.69. The number of benzene rings is 2. The van der Waals surface area contributed by atoms with Gasteiger partial charge in [-0.3, -0.25) is 9.59 Å². The van der Waals surface area contributed by atoms with Crippen LogP contribution in [0.15, 0.2) is 48.5 Å². The van der Waals surface area contributed by atoms with Gasteiger partial charge in [0.15, 0.2) is 0 Å². The fourth-order valence-electron chi connectivity index (χ4n) is 3.12. The predicted octanol–water partition coefficient (Wildman–Crippen LogP) is 3.81. The first-order valence-corrected chi connectivity index (χ1v) is 9.98. The van der Waals surface area contributed by atoms with Crippen LogP contribution in [0.1, 0.15) is 49.2 Å². The fourth-order valence-corrected chi connectivity index (χ4v) is 3.12. The van der Waals surface area contributed by atoms with E-state index in [2.05, 4.69) is 26.1 Å². The largest absolute Gasteiger partial charge is 0.496 e. The Bertz CT molecular complexity index is 823. The minimum Gasteiger partial charge on any atom is -0.496 e. The van der Waals surface area contributed by atoms with Crippen molar-refractivity contribution < 1.29 is 14.3 Å². The van der Waals surface area contributed by atoms with Gasteiger partial charge in [-0.2, -0.15) is 0 Å². The molecule has 2 aromatic carbocycles. The quantitative estimate of drug-likeness (QED) is 0.738. The Morgan fingerprint density at radius 3 is 2.24 bits per heavy atom. The summed E-state index contributed by atoms with van der Waals surface area (Å²) in [5.74, 6) is 0.686. The molecule has 0 aromatic heterocycles. The van der Waals surface area contributed by atoms with E-state index in [1.807, 2.05) is 48.5 Å². The Balaban J connectivity index is 1.87. The lowest BCUT2D eigenvalue weighted by Crippen LogP contribution is -2.38. The summed E-state index contributed by atoms with van der Waals surface area (Å²) in [5, 5.41) is 2.91. The third-order valence-electron chi connectivity index (χ3n) is 4.97. The number of carbonyl (C=O) groups excluding carboxylic acids is 2. The fraction of sp³-hybridized carbons (Fsp3) is 0.417. The zero-order valence-corrected chi connectivity index (χ0v) is 18.1. The summed E-state index contributed by atoms with van der Waals surface area (Å²) in [4.78, 5) is 26.1. The first-order valence-electron chi connectivity index (χ1n) is 9.98. The van der Waals surface area contributed by atoms with E-state index in [9.17, 15) is 9.59 Å². The first kappa shape index (κ1) is 22.5. The molecule has 0 spiro atoms. The number of rotatable bonds is 8. The van der Waals surface area contributed by atoms with E-state index in [1.165, 1.54) is 5.56 Å². The van der Waals surface area contributed by atoms with Gasteiger partial charge in [0.1, 0.15) is 5.75 Å². The van der Waals surface area contributed by atoms with Crippen molar-refractivity contribution in [2.75, 3.05) is 26.7 Å². The van der Waals surface area contributed by atoms with E-state index in [0.717, 1.165) is 11.3 Å². The molecule has 0 saturated heterocycles. The Hall–Kier alpha value is -2.82. The van der Waals surface area contributed by atoms with Gasteiger partial charge in [-0.05, 0) is 41.2 Å². The molecule has 2 amide bonds. The summed E-state index contributed by atoms with van der Waals surface area (Å²) < 4.78 is 5.37. The van der Waals surface area contributed by atoms with Crippen LogP contribution in [-0.2, 0) is 16.6 Å². The SMILES string of the molecule is COc1ccccc1CCN(CCNC(=O)c1ccc(C(C)(C)C)cc1)C(C)=O. The van der Waals surface area contributed by atoms with Gasteiger partial charge < -0.3 is 15.0 Å². The Morgan fingerprint density at radius 1 is 1.00 bits per heavy atom. The second kappa shape index (κ2) is 10.1. The molecule has 2 rings (SSSR count). The van der Waals surface area contributed by atoms with E-state index < -0.39 is 0 Å². The van der Waals surface area contributed by atoms with Crippen molar-refractivity contribution in [1.29, 1.82) is 0 Å². The first-order chi connectivity index (χ1) is 13.7. The third-order valence-corrected chi connectivity index (χ3v) is 4.97. The van der Waals surface area contributed by atoms with E-state index in [4.69, 9.17) is 4.74 Å². The third kappa shape index (κ3) is 6.63. The number of nitrogens with one attached hydrogen (secondary N) is 1. The van der Waals surface area contributed by atoms with Gasteiger partial charge in [-0.15, -0.1) is 0 Å². The number of para-hydroxylation sites is 1. The molecule has 29 heavy (non-hydrogen) atoms. The van der Waals surface area contributed by atoms with E-state index in [1.54, 1.807) is 18.9 Å². The van der Waals surface area contributed by atoms with Crippen molar-refractivity contribution >= 4 is 11.8 Å². The highest BCUT2D eigenvalue weighted by Crippen LogP contribution is 2.22. The lowest BCUT2D eigenvalue weighted by molar-refractivity contribution is -0.128. The predicted molar refractivity (Wildman–Crippen MR) is 116 cm³/mol. The van der Waals surface area contributed by atoms with Crippen molar-refractivity contribution in [2.24, 2.45) is 0 Å². The average molecular weight is 397 g/mol. The van der Waals surface area contributed by atoms with Crippen molar-refractivity contribution in [3.05, 3.63) is 65.2 Å². The maximum Gasteiger partial charge on any atom is 0.251 e. The summed E-state index contributed by atoms with van der Waals surface area (Å²) in [5.41, 5.74) is 2.93. The molecule has 0 aliphatic carbocycles. The molecule has 0 unspecified atom stereocenters. The van der Waals surface area contributed by atoms with Crippen LogP contribution in [0.25, 0.3) is 0 Å². The van der Waals surface area contributed by atoms with Crippen LogP contribution in [0.4, 0.5) is 0 Å². The van der Waals surface area contributed by atoms with E-state index in [0.29, 0.717) is 31.6 Å². The lowest BCUT2D eigenvalue weighted by Gasteiger charge is -2.22. The second-order valence-corrected chi connectivity index (χ2v) is 8.15. The van der Waals surface area contributed by atoms with E-state index in [-0.39, 0.29) is 17.2 Å². The molecule has 2 aromatic rings. The molecule has 0 bridgehead atoms. The molecule has 5 nitrogen and oxygen atoms in total. The molecule has 5 heteroatoms. The Kier molecular flexibility index (Phi) is 7.82. The van der Waals surface area contributed by atoms with Gasteiger partial charge >= 0.3 is 0 Å². The van der Waals surface area contributed by atoms with Crippen molar-refractivity contribution in [1.82, 2.24) is 10.2 Å². The normalized spacial score (nSPS) is 11.1. The number of hydrogen-bond acceptors (Lipinski definition) is 3. The molecule has 0 heterocycles. The smallest absolute Gasteiger partial charge is 0.251 e. The van der Waals surface area contributed by atoms with Gasteiger partial charge in [0, 0.05) is 32.1 Å². The molecule has 0 aliphatic heterocycles. The van der Waals surface area contributed by atoms with Crippen molar-refractivity contribution in [3.63, 3.8) is 0 Å². The summed E-state index contributed by atoms with van der Waals surface area (Å²) in [7, 11) is 1.64. The van der Waals surface area contributed by atoms with Crippen molar-refractivity contribution in [3.8, 4) is 5.75 Å². The number of hydrogen-bond donors (Lipinski definition) is 1. The monoisotopic (exact) mass is 396 g/mol. The standard InChI is InChI=1S/C24H32N2O3/c1-18(27)26(16-14-19-8-6-7-9-22(19)29-5)17-15-25-23(28)20-10-12-21(13-11-20)24(2,3)4/h6-13H,14-17H2,1-5H3,(H,25,28). The number of carbonyl (C=O) groups is 2. The van der Waals surface area contributed by atoms with E-state index >= 15 is 0 Å². The summed E-state index contributed by atoms with van der Waals surface area (Å²) in [6.45, 7) is 9.43. The van der Waals surface area contributed by atoms with Crippen LogP contribution in [0.5, 0.6) is 5.75 Å². The summed E-state index contributed by atoms with van der Waals surface area (Å²) in [6.07, 6.45) is 0.700. The van der Waals surface area contributed by atoms with Crippen LogP contribution >= 0.6 is 0 Å². The highest BCUT2D eigenvalue weighted by atomic mass is 16.5. The minimum absolute atomic E-state index is 0.0105. The Morgan fingerprint density at radius 2 is 1.66 bits per heavy atom. The zero-order valence-electron chi connectivity index (χ0n) is 18.1. The second-order valence-electron chi connectivity index (χ2n) is 8.15. The lowest BCUT2D eigenvalue weighted by atomic mass is 9.87. The maximum atomic E-state index is 12.4. The Labute approximate surface area is 174 Å². The molecular formula is C24H32N2O3. The van der Waals surface area contributed by atoms with Gasteiger partial charge in [-0.1, -0.05) is 51.1 Å². The van der Waals surface area contributed by atoms with Crippen LogP contribution in [0.3, 0.4) is 0 Å².